The maximum atomic E-state index is 14.1. The molecule has 10 N–H and O–H groups in total. The number of ketones is 1. The van der Waals surface area contributed by atoms with Gasteiger partial charge in [-0.15, -0.1) is 5.10 Å². The summed E-state index contributed by atoms with van der Waals surface area (Å²) in [6, 6.07) is -1.24. The van der Waals surface area contributed by atoms with Crippen molar-refractivity contribution in [2.45, 2.75) is 184 Å². The smallest absolute Gasteiger partial charge is 0.273 e. The molecule has 23 nitrogen and oxygen atoms in total. The summed E-state index contributed by atoms with van der Waals surface area (Å²) in [5.41, 5.74) is -1.32. The average Bonchev–Trinajstić information content (AvgIpc) is 3.80. The number of aliphatic hydroxyl groups is 8. The Hall–Kier alpha value is -3.30. The summed E-state index contributed by atoms with van der Waals surface area (Å²) in [6.45, 7) is 3.54. The molecule has 1 aromatic heterocycles. The van der Waals surface area contributed by atoms with Crippen molar-refractivity contribution in [2.24, 2.45) is 23.2 Å². The van der Waals surface area contributed by atoms with Gasteiger partial charge >= 0.3 is 0 Å². The molecule has 1 aromatic rings. The van der Waals surface area contributed by atoms with Crippen LogP contribution >= 0.6 is 0 Å². The fourth-order valence-corrected chi connectivity index (χ4v) is 10.2. The molecule has 5 fully saturated rings. The lowest BCUT2D eigenvalue weighted by atomic mass is 9.74. The molecule has 6 unspecified atom stereocenters. The molecule has 4 heterocycles. The van der Waals surface area contributed by atoms with Gasteiger partial charge in [-0.2, -0.15) is 0 Å². The molecule has 3 amide bonds. The minimum atomic E-state index is -1.67. The number of nitrogens with zero attached hydrogens (tertiary/aromatic N) is 4. The van der Waals surface area contributed by atoms with Crippen molar-refractivity contribution in [3.05, 3.63) is 11.9 Å². The van der Waals surface area contributed by atoms with Crippen molar-refractivity contribution in [1.29, 1.82) is 0 Å². The van der Waals surface area contributed by atoms with E-state index < -0.39 is 135 Å². The molecule has 23 heteroatoms. The third-order valence-corrected chi connectivity index (χ3v) is 14.7. The SMILES string of the molecule is CCC1CC(C(=O)CCCNC(=O)c2cn(CC(CO)(CO)CO)nn2)C[C@@H](O[C@@H]2O[C@@H](CO)[C@H](O)C(O[C@@H](CC3CCCCC3)C(=O)N3CCC3)C2NC(C)=O)[C@@H]1O[C@@H]1OC(C)[C@@H](O)[C@H](O)C1O. The van der Waals surface area contributed by atoms with E-state index in [9.17, 15) is 60.0 Å². The molecule has 3 aliphatic heterocycles. The second kappa shape index (κ2) is 25.4. The van der Waals surface area contributed by atoms with Crippen molar-refractivity contribution in [1.82, 2.24) is 30.5 Å². The molecule has 5 aliphatic rings. The van der Waals surface area contributed by atoms with E-state index >= 15 is 0 Å². The zero-order valence-electron chi connectivity index (χ0n) is 40.0. The number of amides is 3. The Bertz CT molecular complexity index is 1810. The van der Waals surface area contributed by atoms with Gasteiger partial charge in [0.05, 0.1) is 62.9 Å². The molecule has 2 saturated carbocycles. The minimum Gasteiger partial charge on any atom is -0.396 e. The van der Waals surface area contributed by atoms with E-state index in [0.717, 1.165) is 38.5 Å². The lowest BCUT2D eigenvalue weighted by Crippen LogP contribution is -2.67. The van der Waals surface area contributed by atoms with Crippen LogP contribution in [0.5, 0.6) is 0 Å². The molecule has 6 rings (SSSR count). The van der Waals surface area contributed by atoms with E-state index in [-0.39, 0.29) is 55.7 Å². The van der Waals surface area contributed by atoms with Gasteiger partial charge in [-0.3, -0.25) is 23.9 Å². The number of hydrogen-bond acceptors (Lipinski definition) is 19. The third kappa shape index (κ3) is 13.6. The number of nitrogens with one attached hydrogen (secondary N) is 2. The molecule has 0 radical (unpaired) electrons. The molecular weight excluding hydrogens is 909 g/mol. The fraction of sp³-hybridized carbons (Fsp3) is 0.870. The molecule has 15 atom stereocenters. The predicted octanol–water partition coefficient (Wildman–Crippen LogP) is -2.11. The van der Waals surface area contributed by atoms with Crippen molar-refractivity contribution in [3.8, 4) is 0 Å². The van der Waals surface area contributed by atoms with Gasteiger partial charge in [0.25, 0.3) is 11.8 Å². The van der Waals surface area contributed by atoms with Gasteiger partial charge in [-0.25, -0.2) is 0 Å². The van der Waals surface area contributed by atoms with Gasteiger partial charge in [-0.05, 0) is 50.9 Å². The highest BCUT2D eigenvalue weighted by Crippen LogP contribution is 2.41. The topological polar surface area (TPSA) is 334 Å². The van der Waals surface area contributed by atoms with E-state index in [1.165, 1.54) is 24.7 Å². The molecule has 3 saturated heterocycles. The van der Waals surface area contributed by atoms with E-state index in [1.54, 1.807) is 4.90 Å². The molecule has 392 valence electrons. The summed E-state index contributed by atoms with van der Waals surface area (Å²) in [4.78, 5) is 55.7. The van der Waals surface area contributed by atoms with Crippen LogP contribution < -0.4 is 10.6 Å². The number of ether oxygens (including phenoxy) is 5. The zero-order valence-corrected chi connectivity index (χ0v) is 40.0. The molecule has 69 heavy (non-hydrogen) atoms. The molecule has 0 spiro atoms. The van der Waals surface area contributed by atoms with Gasteiger partial charge in [0.1, 0.15) is 54.6 Å². The van der Waals surface area contributed by atoms with Crippen LogP contribution in [0, 0.1) is 23.2 Å². The second-order valence-electron chi connectivity index (χ2n) is 19.8. The summed E-state index contributed by atoms with van der Waals surface area (Å²) < 4.78 is 33.2. The summed E-state index contributed by atoms with van der Waals surface area (Å²) in [5.74, 6) is -2.34. The Morgan fingerprint density at radius 3 is 2.22 bits per heavy atom. The molecule has 0 bridgehead atoms. The number of rotatable bonds is 23. The summed E-state index contributed by atoms with van der Waals surface area (Å²) >= 11 is 0. The maximum Gasteiger partial charge on any atom is 0.273 e. The highest BCUT2D eigenvalue weighted by Gasteiger charge is 2.53. The van der Waals surface area contributed by atoms with E-state index in [4.69, 9.17) is 23.7 Å². The summed E-state index contributed by atoms with van der Waals surface area (Å²) in [7, 11) is 0. The van der Waals surface area contributed by atoms with E-state index in [0.29, 0.717) is 32.4 Å². The standard InChI is InChI=1S/C46H76N6O17/c1-4-28-17-29(31(58)12-8-13-47-42(63)30-19-52(50-49-30)21-46(22-54,23-55)24-56)18-32(40(28)69-45-39(62)38(61)36(59)25(2)65-45)67-44-35(48-26(3)57)41(37(60)34(20-53)68-44)66-33(43(64)51-14-9-15-51)16-27-10-6-5-7-11-27/h19,25,27-29,32-41,44-45,53-56,59-62H,4-18,20-24H2,1-3H3,(H,47,63)(H,48,57)/t25?,28?,29?,32-,33+,34+,35?,36-,37+,38+,39?,40-,41?,44-,45+/m1/s1. The summed E-state index contributed by atoms with van der Waals surface area (Å²) in [5, 5.41) is 96.8. The van der Waals surface area contributed by atoms with Crippen molar-refractivity contribution in [3.63, 3.8) is 0 Å². The molecule has 0 aromatic carbocycles. The normalized spacial score (nSPS) is 33.9. The van der Waals surface area contributed by atoms with Crippen LogP contribution in [-0.2, 0) is 44.6 Å². The number of aliphatic hydroxyl groups excluding tert-OH is 8. The maximum absolute atomic E-state index is 14.1. The Balaban J connectivity index is 1.21. The van der Waals surface area contributed by atoms with Crippen LogP contribution in [0.25, 0.3) is 0 Å². The minimum absolute atomic E-state index is 0.0261. The Morgan fingerprint density at radius 2 is 1.59 bits per heavy atom. The van der Waals surface area contributed by atoms with Crippen LogP contribution in [0.15, 0.2) is 6.20 Å². The van der Waals surface area contributed by atoms with Crippen LogP contribution in [0.1, 0.15) is 108 Å². The van der Waals surface area contributed by atoms with Crippen LogP contribution in [0.2, 0.25) is 0 Å². The second-order valence-corrected chi connectivity index (χ2v) is 19.8. The first-order valence-electron chi connectivity index (χ1n) is 24.8. The van der Waals surface area contributed by atoms with Gasteiger partial charge in [-0.1, -0.05) is 50.7 Å². The predicted molar refractivity (Wildman–Crippen MR) is 239 cm³/mol. The highest BCUT2D eigenvalue weighted by atomic mass is 16.7. The van der Waals surface area contributed by atoms with Crippen LogP contribution in [0.4, 0.5) is 0 Å². The van der Waals surface area contributed by atoms with E-state index in [1.807, 2.05) is 6.92 Å². The number of carbonyl (C=O) groups is 4. The number of aromatic nitrogens is 3. The highest BCUT2D eigenvalue weighted by molar-refractivity contribution is 5.91. The summed E-state index contributed by atoms with van der Waals surface area (Å²) in [6.07, 6.45) is -6.94. The number of hydrogen-bond donors (Lipinski definition) is 10. The lowest BCUT2D eigenvalue weighted by Gasteiger charge is -2.49. The van der Waals surface area contributed by atoms with Gasteiger partial charge in [0.15, 0.2) is 18.3 Å². The monoisotopic (exact) mass is 985 g/mol. The van der Waals surface area contributed by atoms with Gasteiger partial charge in [0, 0.05) is 38.9 Å². The quantitative estimate of drug-likeness (QED) is 0.0525. The average molecular weight is 985 g/mol. The van der Waals surface area contributed by atoms with E-state index in [2.05, 4.69) is 20.9 Å². The lowest BCUT2D eigenvalue weighted by molar-refractivity contribution is -0.338. The fourth-order valence-electron chi connectivity index (χ4n) is 10.2. The van der Waals surface area contributed by atoms with Gasteiger partial charge < -0.3 is 80.1 Å². The zero-order chi connectivity index (χ0) is 50.0. The molecular formula is C46H76N6O17. The first-order chi connectivity index (χ1) is 33.0. The largest absolute Gasteiger partial charge is 0.396 e. The van der Waals surface area contributed by atoms with Crippen molar-refractivity contribution < 1.29 is 83.7 Å². The van der Waals surface area contributed by atoms with Crippen molar-refractivity contribution >= 4 is 23.5 Å². The first-order valence-corrected chi connectivity index (χ1v) is 24.8. The third-order valence-electron chi connectivity index (χ3n) is 14.7. The number of carbonyl (C=O) groups excluding carboxylic acids is 4. The van der Waals surface area contributed by atoms with Crippen LogP contribution in [-0.4, -0.2) is 210 Å². The Kier molecular flexibility index (Phi) is 20.2. The molecule has 2 aliphatic carbocycles. The van der Waals surface area contributed by atoms with Crippen molar-refractivity contribution in [2.75, 3.05) is 46.1 Å². The van der Waals surface area contributed by atoms with Gasteiger partial charge in [0.2, 0.25) is 5.91 Å². The Labute approximate surface area is 402 Å². The number of Topliss-reactive ketones (excluding diaryl/α,β-unsaturated/α-hetero) is 1. The Morgan fingerprint density at radius 1 is 0.884 bits per heavy atom. The number of likely N-dealkylation sites (tertiary alicyclic amines) is 1. The first kappa shape index (κ1) is 55.0. The van der Waals surface area contributed by atoms with Crippen LogP contribution in [0.3, 0.4) is 0 Å².